The molecule has 76 valence electrons. The molecule has 0 spiro atoms. The molecule has 0 aliphatic carbocycles. The lowest BCUT2D eigenvalue weighted by Crippen LogP contribution is -2.04. The van der Waals surface area contributed by atoms with E-state index in [2.05, 4.69) is 32.6 Å². The smallest absolute Gasteiger partial charge is 0.339 e. The van der Waals surface area contributed by atoms with E-state index in [1.165, 1.54) is 7.11 Å². The molecule has 0 unspecified atom stereocenters. The van der Waals surface area contributed by atoms with Crippen LogP contribution >= 0.6 is 34.2 Å². The topological polar surface area (TPSA) is 38.3 Å². The zero-order valence-corrected chi connectivity index (χ0v) is 10.6. The fourth-order valence-corrected chi connectivity index (χ4v) is 1.80. The predicted molar refractivity (Wildman–Crippen MR) is 65.1 cm³/mol. The summed E-state index contributed by atoms with van der Waals surface area (Å²) in [6.45, 7) is 0. The fraction of sp³-hybridized carbons (Fsp3) is 0.222. The van der Waals surface area contributed by atoms with Crippen LogP contribution in [0.3, 0.4) is 0 Å². The monoisotopic (exact) mass is 325 g/mol. The number of hydrogen-bond acceptors (Lipinski definition) is 3. The summed E-state index contributed by atoms with van der Waals surface area (Å²) in [5.41, 5.74) is 1.21. The average molecular weight is 326 g/mol. The van der Waals surface area contributed by atoms with Crippen molar-refractivity contribution in [1.29, 1.82) is 0 Å². The number of rotatable bonds is 2. The van der Waals surface area contributed by atoms with Crippen LogP contribution in [0.15, 0.2) is 12.1 Å². The molecule has 1 N–H and O–H groups in total. The Balaban J connectivity index is 3.27. The predicted octanol–water partition coefficient (Wildman–Crippen LogP) is 2.77. The third kappa shape index (κ3) is 2.30. The van der Waals surface area contributed by atoms with Crippen LogP contribution in [0.1, 0.15) is 10.4 Å². The highest BCUT2D eigenvalue weighted by Crippen LogP contribution is 2.27. The number of hydrogen-bond donors (Lipinski definition) is 1. The standard InChI is InChI=1S/C9H9ClINO2/c1-12-5-3-6(9(13)14-2)8(10)7(11)4-5/h3-4,12H,1-2H3. The lowest BCUT2D eigenvalue weighted by atomic mass is 10.2. The quantitative estimate of drug-likeness (QED) is 0.671. The maximum Gasteiger partial charge on any atom is 0.339 e. The molecule has 0 saturated carbocycles. The van der Waals surface area contributed by atoms with Gasteiger partial charge < -0.3 is 10.1 Å². The van der Waals surface area contributed by atoms with Crippen LogP contribution in [-0.2, 0) is 4.74 Å². The van der Waals surface area contributed by atoms with Gasteiger partial charge in [0.2, 0.25) is 0 Å². The van der Waals surface area contributed by atoms with Crippen molar-refractivity contribution in [2.75, 3.05) is 19.5 Å². The lowest BCUT2D eigenvalue weighted by molar-refractivity contribution is 0.0601. The Bertz CT molecular complexity index is 368. The fourth-order valence-electron chi connectivity index (χ4n) is 0.992. The number of methoxy groups -OCH3 is 1. The van der Waals surface area contributed by atoms with E-state index >= 15 is 0 Å². The van der Waals surface area contributed by atoms with Crippen molar-refractivity contribution in [3.63, 3.8) is 0 Å². The van der Waals surface area contributed by atoms with Crippen LogP contribution in [0.2, 0.25) is 5.02 Å². The number of carbonyl (C=O) groups is 1. The molecule has 1 aromatic carbocycles. The number of esters is 1. The van der Waals surface area contributed by atoms with Crippen LogP contribution in [0.5, 0.6) is 0 Å². The Kier molecular flexibility index (Phi) is 4.00. The molecule has 1 rings (SSSR count). The van der Waals surface area contributed by atoms with Gasteiger partial charge in [-0.25, -0.2) is 4.79 Å². The summed E-state index contributed by atoms with van der Waals surface area (Å²) < 4.78 is 5.43. The van der Waals surface area contributed by atoms with Crippen LogP contribution in [0.4, 0.5) is 5.69 Å². The van der Waals surface area contributed by atoms with Gasteiger partial charge in [-0.15, -0.1) is 0 Å². The number of nitrogens with one attached hydrogen (secondary N) is 1. The molecule has 3 nitrogen and oxygen atoms in total. The van der Waals surface area contributed by atoms with Crippen molar-refractivity contribution in [3.05, 3.63) is 26.3 Å². The molecule has 0 fully saturated rings. The van der Waals surface area contributed by atoms with Crippen LogP contribution < -0.4 is 5.32 Å². The lowest BCUT2D eigenvalue weighted by Gasteiger charge is -2.07. The minimum Gasteiger partial charge on any atom is -0.465 e. The van der Waals surface area contributed by atoms with Crippen molar-refractivity contribution < 1.29 is 9.53 Å². The number of ether oxygens (including phenoxy) is 1. The number of benzene rings is 1. The van der Waals surface area contributed by atoms with Gasteiger partial charge in [-0.1, -0.05) is 11.6 Å². The van der Waals surface area contributed by atoms with E-state index in [0.717, 1.165) is 9.26 Å². The molecule has 0 saturated heterocycles. The van der Waals surface area contributed by atoms with Crippen molar-refractivity contribution in [2.24, 2.45) is 0 Å². The highest BCUT2D eigenvalue weighted by atomic mass is 127. The molecule has 5 heteroatoms. The Hall–Kier alpha value is -0.490. The van der Waals surface area contributed by atoms with E-state index in [9.17, 15) is 4.79 Å². The zero-order valence-electron chi connectivity index (χ0n) is 7.73. The first-order valence-electron chi connectivity index (χ1n) is 3.85. The molecule has 14 heavy (non-hydrogen) atoms. The minimum atomic E-state index is -0.426. The van der Waals surface area contributed by atoms with Gasteiger partial charge in [-0.2, -0.15) is 0 Å². The highest BCUT2D eigenvalue weighted by molar-refractivity contribution is 14.1. The minimum absolute atomic E-state index is 0.380. The summed E-state index contributed by atoms with van der Waals surface area (Å²) in [5, 5.41) is 3.37. The van der Waals surface area contributed by atoms with Crippen molar-refractivity contribution in [3.8, 4) is 0 Å². The first-order valence-corrected chi connectivity index (χ1v) is 5.31. The molecular formula is C9H9ClINO2. The summed E-state index contributed by atoms with van der Waals surface area (Å²) in [6.07, 6.45) is 0. The van der Waals surface area contributed by atoms with Gasteiger partial charge in [-0.3, -0.25) is 0 Å². The van der Waals surface area contributed by atoms with E-state index in [1.807, 2.05) is 6.07 Å². The Morgan fingerprint density at radius 2 is 2.21 bits per heavy atom. The molecular weight excluding hydrogens is 316 g/mol. The molecule has 0 atom stereocenters. The van der Waals surface area contributed by atoms with E-state index in [-0.39, 0.29) is 0 Å². The highest BCUT2D eigenvalue weighted by Gasteiger charge is 2.14. The number of anilines is 1. The maximum absolute atomic E-state index is 11.3. The average Bonchev–Trinajstić information content (AvgIpc) is 2.20. The summed E-state index contributed by atoms with van der Waals surface area (Å²) in [4.78, 5) is 11.3. The van der Waals surface area contributed by atoms with Gasteiger partial charge in [0.05, 0.1) is 17.7 Å². The van der Waals surface area contributed by atoms with Gasteiger partial charge in [-0.05, 0) is 34.7 Å². The SMILES string of the molecule is CNc1cc(I)c(Cl)c(C(=O)OC)c1. The normalized spacial score (nSPS) is 9.71. The first kappa shape index (κ1) is 11.6. The Morgan fingerprint density at radius 3 is 2.71 bits per heavy atom. The van der Waals surface area contributed by atoms with E-state index < -0.39 is 5.97 Å². The van der Waals surface area contributed by atoms with Crippen LogP contribution in [0.25, 0.3) is 0 Å². The van der Waals surface area contributed by atoms with E-state index in [1.54, 1.807) is 13.1 Å². The zero-order chi connectivity index (χ0) is 10.7. The second-order valence-corrected chi connectivity index (χ2v) is 4.10. The third-order valence-electron chi connectivity index (χ3n) is 1.72. The van der Waals surface area contributed by atoms with Crippen LogP contribution in [-0.4, -0.2) is 20.1 Å². The molecule has 1 aromatic rings. The molecule has 0 amide bonds. The Labute approximate surface area is 101 Å². The first-order chi connectivity index (χ1) is 6.60. The van der Waals surface area contributed by atoms with Crippen LogP contribution in [0, 0.1) is 3.57 Å². The van der Waals surface area contributed by atoms with Crippen molar-refractivity contribution >= 4 is 45.8 Å². The van der Waals surface area contributed by atoms with Gasteiger partial charge >= 0.3 is 5.97 Å². The largest absolute Gasteiger partial charge is 0.465 e. The molecule has 0 aliphatic heterocycles. The molecule has 0 aromatic heterocycles. The van der Waals surface area contributed by atoms with E-state index in [4.69, 9.17) is 11.6 Å². The molecule has 0 bridgehead atoms. The number of carbonyl (C=O) groups excluding carboxylic acids is 1. The summed E-state index contributed by atoms with van der Waals surface area (Å²) >= 11 is 8.03. The number of halogens is 2. The van der Waals surface area contributed by atoms with Gasteiger partial charge in [0.15, 0.2) is 0 Å². The van der Waals surface area contributed by atoms with E-state index in [0.29, 0.717) is 10.6 Å². The summed E-state index contributed by atoms with van der Waals surface area (Å²) in [5.74, 6) is -0.426. The van der Waals surface area contributed by atoms with Crippen molar-refractivity contribution in [2.45, 2.75) is 0 Å². The second-order valence-electron chi connectivity index (χ2n) is 2.56. The van der Waals surface area contributed by atoms with Crippen molar-refractivity contribution in [1.82, 2.24) is 0 Å². The molecule has 0 heterocycles. The summed E-state index contributed by atoms with van der Waals surface area (Å²) in [7, 11) is 3.11. The Morgan fingerprint density at radius 1 is 1.57 bits per heavy atom. The summed E-state index contributed by atoms with van der Waals surface area (Å²) in [6, 6.07) is 3.52. The maximum atomic E-state index is 11.3. The van der Waals surface area contributed by atoms with Gasteiger partial charge in [0, 0.05) is 16.3 Å². The van der Waals surface area contributed by atoms with Gasteiger partial charge in [0.1, 0.15) is 0 Å². The van der Waals surface area contributed by atoms with Gasteiger partial charge in [0.25, 0.3) is 0 Å². The molecule has 0 radical (unpaired) electrons. The third-order valence-corrected chi connectivity index (χ3v) is 3.30. The molecule has 0 aliphatic rings. The second kappa shape index (κ2) is 4.84.